The van der Waals surface area contributed by atoms with Crippen molar-refractivity contribution in [1.82, 2.24) is 0 Å². The molecule has 0 rings (SSSR count). The first kappa shape index (κ1) is 28.9. The molecule has 0 aromatic heterocycles. The summed E-state index contributed by atoms with van der Waals surface area (Å²) < 4.78 is 1.58. The van der Waals surface area contributed by atoms with Gasteiger partial charge in [0, 0.05) is 35.6 Å². The Balaban J connectivity index is 4.05. The Hall–Kier alpha value is 4.90. The van der Waals surface area contributed by atoms with Crippen molar-refractivity contribution in [3.05, 3.63) is 0 Å². The second kappa shape index (κ2) is 22.6. The molecule has 0 nitrogen and oxygen atoms in total. The lowest BCUT2D eigenvalue weighted by Gasteiger charge is -2.19. The number of thioether (sulfide) groups is 9. The molecule has 146 valence electrons. The minimum Gasteiger partial charge on any atom is -0.168 e. The number of rotatable bonds is 18. The van der Waals surface area contributed by atoms with E-state index in [1.165, 1.54) is 0 Å². The van der Waals surface area contributed by atoms with Crippen molar-refractivity contribution in [2.45, 2.75) is 11.7 Å². The van der Waals surface area contributed by atoms with Crippen molar-refractivity contribution < 1.29 is 0 Å². The van der Waals surface area contributed by atoms with Crippen LogP contribution in [0, 0.1) is 0 Å². The molecule has 0 heterocycles. The van der Waals surface area contributed by atoms with Crippen LogP contribution < -0.4 is 0 Å². The molecule has 0 amide bonds. The molecule has 0 saturated heterocycles. The molecule has 0 saturated carbocycles. The highest BCUT2D eigenvalue weighted by Crippen LogP contribution is 2.44. The maximum absolute atomic E-state index is 4.39. The molecule has 0 unspecified atom stereocenters. The Morgan fingerprint density at radius 1 is 0.375 bits per heavy atom. The third-order valence-electron chi connectivity index (χ3n) is 1.87. The van der Waals surface area contributed by atoms with Gasteiger partial charge in [0.2, 0.25) is 0 Å². The summed E-state index contributed by atoms with van der Waals surface area (Å²) in [5, 5.41) is 6.48. The molecule has 0 atom stereocenters. The van der Waals surface area contributed by atoms with Crippen molar-refractivity contribution in [2.75, 3.05) is 35.6 Å². The fourth-order valence-corrected chi connectivity index (χ4v) is 18.8. The topological polar surface area (TPSA) is 0 Å². The van der Waals surface area contributed by atoms with Crippen LogP contribution in [0.2, 0.25) is 0 Å². The van der Waals surface area contributed by atoms with Crippen LogP contribution in [0.15, 0.2) is 0 Å². The van der Waals surface area contributed by atoms with Crippen molar-refractivity contribution in [1.29, 1.82) is 0 Å². The fraction of sp³-hybridized carbons (Fsp3) is 1.00. The SMILES string of the molecule is SCSC(SCS)SCSC(SCS)SCSC(SCS)SCS. The molecule has 0 aromatic rings. The zero-order valence-electron chi connectivity index (χ0n) is 12.6. The Morgan fingerprint density at radius 3 is 0.792 bits per heavy atom. The van der Waals surface area contributed by atoms with Gasteiger partial charge in [-0.1, -0.05) is 0 Å². The highest BCUT2D eigenvalue weighted by atomic mass is 32.3. The molecule has 14 heteroatoms. The van der Waals surface area contributed by atoms with Crippen LogP contribution in [-0.2, 0) is 0 Å². The second-order valence-electron chi connectivity index (χ2n) is 3.25. The molecule has 0 fully saturated rings. The van der Waals surface area contributed by atoms with E-state index in [1.54, 1.807) is 0 Å². The molecule has 0 radical (unpaired) electrons. The summed E-state index contributed by atoms with van der Waals surface area (Å²) in [5.41, 5.74) is 0. The first-order valence-electron chi connectivity index (χ1n) is 6.30. The third kappa shape index (κ3) is 17.7. The molecule has 0 spiro atoms. The largest absolute Gasteiger partial charge is 0.168 e. The van der Waals surface area contributed by atoms with Gasteiger partial charge in [-0.05, 0) is 0 Å². The number of hydrogen-bond donors (Lipinski definition) is 5. The fourth-order valence-electron chi connectivity index (χ4n) is 1.04. The van der Waals surface area contributed by atoms with E-state index in [2.05, 4.69) is 63.1 Å². The van der Waals surface area contributed by atoms with Crippen LogP contribution >= 0.6 is 169 Å². The molecule has 0 bridgehead atoms. The molecule has 0 N–H and O–H groups in total. The minimum atomic E-state index is 0.525. The molecular formula is C10H22S14. The number of thiol groups is 5. The zero-order chi connectivity index (χ0) is 18.0. The van der Waals surface area contributed by atoms with Gasteiger partial charge >= 0.3 is 0 Å². The predicted molar refractivity (Wildman–Crippen MR) is 159 cm³/mol. The average molecular weight is 591 g/mol. The highest BCUT2D eigenvalue weighted by molar-refractivity contribution is 8.43. The third-order valence-corrected chi connectivity index (χ3v) is 16.8. The first-order valence-corrected chi connectivity index (χ1v) is 18.9. The van der Waals surface area contributed by atoms with Crippen LogP contribution in [0.25, 0.3) is 0 Å². The minimum absolute atomic E-state index is 0.525. The van der Waals surface area contributed by atoms with Gasteiger partial charge in [-0.15, -0.1) is 106 Å². The Labute approximate surface area is 213 Å². The normalized spacial score (nSPS) is 12.0. The molecule has 0 aliphatic carbocycles. The molecule has 0 aliphatic heterocycles. The van der Waals surface area contributed by atoms with Gasteiger partial charge in [-0.25, -0.2) is 0 Å². The quantitative estimate of drug-likeness (QED) is 0.0794. The van der Waals surface area contributed by atoms with Gasteiger partial charge in [0.1, 0.15) is 0 Å². The maximum Gasteiger partial charge on any atom is 0.0980 e. The standard InChI is InChI=1S/C10H22S14/c11-1-16-8(17-2-12)21-6-23-10(20-5-15)24-7-22-9(18-3-13)19-4-14/h8-15H,1-7H2. The summed E-state index contributed by atoms with van der Waals surface area (Å²) in [5.74, 6) is 0. The van der Waals surface area contributed by atoms with Crippen LogP contribution in [0.3, 0.4) is 0 Å². The lowest BCUT2D eigenvalue weighted by atomic mass is 11.8. The van der Waals surface area contributed by atoms with Crippen molar-refractivity contribution in [3.8, 4) is 0 Å². The Morgan fingerprint density at radius 2 is 0.583 bits per heavy atom. The average Bonchev–Trinajstić information content (AvgIpc) is 2.55. The maximum atomic E-state index is 4.39. The summed E-state index contributed by atoms with van der Waals surface area (Å²) >= 11 is 39.1. The zero-order valence-corrected chi connectivity index (χ0v) is 24.4. The van der Waals surface area contributed by atoms with Gasteiger partial charge in [-0.2, -0.15) is 63.1 Å². The Bertz CT molecular complexity index is 222. The Kier molecular flexibility index (Phi) is 27.2. The molecule has 24 heavy (non-hydrogen) atoms. The highest BCUT2D eigenvalue weighted by Gasteiger charge is 2.15. The van der Waals surface area contributed by atoms with Crippen LogP contribution in [0.5, 0.6) is 0 Å². The van der Waals surface area contributed by atoms with E-state index in [9.17, 15) is 0 Å². The van der Waals surface area contributed by atoms with E-state index in [1.807, 2.05) is 106 Å². The van der Waals surface area contributed by atoms with Crippen molar-refractivity contribution in [2.24, 2.45) is 0 Å². The van der Waals surface area contributed by atoms with Crippen LogP contribution in [0.1, 0.15) is 0 Å². The van der Waals surface area contributed by atoms with E-state index >= 15 is 0 Å². The van der Waals surface area contributed by atoms with Gasteiger partial charge < -0.3 is 0 Å². The second-order valence-corrected chi connectivity index (χ2v) is 20.2. The van der Waals surface area contributed by atoms with Crippen molar-refractivity contribution >= 4 is 169 Å². The van der Waals surface area contributed by atoms with Gasteiger partial charge in [0.15, 0.2) is 0 Å². The molecule has 0 aliphatic rings. The van der Waals surface area contributed by atoms with E-state index < -0.39 is 0 Å². The van der Waals surface area contributed by atoms with Crippen LogP contribution in [-0.4, -0.2) is 47.3 Å². The van der Waals surface area contributed by atoms with E-state index in [4.69, 9.17) is 0 Å². The summed E-state index contributed by atoms with van der Waals surface area (Å²) in [6.07, 6.45) is 0. The van der Waals surface area contributed by atoms with Gasteiger partial charge in [-0.3, -0.25) is 0 Å². The predicted octanol–water partition coefficient (Wildman–Crippen LogP) is 7.79. The van der Waals surface area contributed by atoms with Gasteiger partial charge in [0.05, 0.1) is 11.7 Å². The summed E-state index contributed by atoms with van der Waals surface area (Å²) in [7, 11) is 0. The van der Waals surface area contributed by atoms with Crippen LogP contribution in [0.4, 0.5) is 0 Å². The smallest absolute Gasteiger partial charge is 0.0980 e. The summed E-state index contributed by atoms with van der Waals surface area (Å²) in [4.78, 5) is 0. The van der Waals surface area contributed by atoms with E-state index in [-0.39, 0.29) is 0 Å². The monoisotopic (exact) mass is 590 g/mol. The number of hydrogen-bond acceptors (Lipinski definition) is 14. The van der Waals surface area contributed by atoms with E-state index in [0.29, 0.717) is 11.7 Å². The summed E-state index contributed by atoms with van der Waals surface area (Å²) in [6, 6.07) is 0. The van der Waals surface area contributed by atoms with Crippen molar-refractivity contribution in [3.63, 3.8) is 0 Å². The summed E-state index contributed by atoms with van der Waals surface area (Å²) in [6.45, 7) is 0. The molecule has 0 aromatic carbocycles. The van der Waals surface area contributed by atoms with Gasteiger partial charge in [0.25, 0.3) is 0 Å². The molecular weight excluding hydrogens is 569 g/mol. The lowest BCUT2D eigenvalue weighted by molar-refractivity contribution is 1.92. The lowest BCUT2D eigenvalue weighted by Crippen LogP contribution is -1.98. The van der Waals surface area contributed by atoms with E-state index in [0.717, 1.165) is 35.6 Å². The first-order chi connectivity index (χ1) is 11.7.